The number of hydrogen-bond acceptors (Lipinski definition) is 1. The fourth-order valence-electron chi connectivity index (χ4n) is 0.981. The Morgan fingerprint density at radius 2 is 1.73 bits per heavy atom. The zero-order chi connectivity index (χ0) is 11.3. The fraction of sp³-hybridized carbons (Fsp3) is 0.200. The number of anilines is 1. The number of hydrogen-bond donors (Lipinski definition) is 1. The van der Waals surface area contributed by atoms with Gasteiger partial charge in [0.15, 0.2) is 17.5 Å². The second kappa shape index (κ2) is 5.66. The summed E-state index contributed by atoms with van der Waals surface area (Å²) in [5.41, 5.74) is 0.186. The quantitative estimate of drug-likeness (QED) is 0.480. The summed E-state index contributed by atoms with van der Waals surface area (Å²) < 4.78 is 38.0. The summed E-state index contributed by atoms with van der Waals surface area (Å²) in [5, 5.41) is 2.70. The molecule has 0 atom stereocenters. The summed E-state index contributed by atoms with van der Waals surface area (Å²) in [5.74, 6) is -3.51. The lowest BCUT2D eigenvalue weighted by atomic mass is 10.3. The normalized spacial score (nSPS) is 10.9. The Balaban J connectivity index is 2.66. The Kier molecular flexibility index (Phi) is 4.49. The lowest BCUT2D eigenvalue weighted by Gasteiger charge is -2.04. The smallest absolute Gasteiger partial charge is 0.194 e. The first kappa shape index (κ1) is 11.9. The largest absolute Gasteiger partial charge is 0.381 e. The molecule has 1 rings (SSSR count). The maximum atomic E-state index is 12.7. The highest BCUT2D eigenvalue weighted by atomic mass is 35.5. The Labute approximate surface area is 90.6 Å². The van der Waals surface area contributed by atoms with Gasteiger partial charge in [-0.25, -0.2) is 13.2 Å². The topological polar surface area (TPSA) is 12.0 Å². The van der Waals surface area contributed by atoms with E-state index in [1.54, 1.807) is 12.2 Å². The average molecular weight is 236 g/mol. The van der Waals surface area contributed by atoms with Crippen LogP contribution in [0, 0.1) is 17.5 Å². The third kappa shape index (κ3) is 3.47. The van der Waals surface area contributed by atoms with Crippen LogP contribution in [0.2, 0.25) is 0 Å². The van der Waals surface area contributed by atoms with E-state index in [2.05, 4.69) is 5.32 Å². The first-order valence-electron chi connectivity index (χ1n) is 4.24. The minimum atomic E-state index is -1.46. The SMILES string of the molecule is Fc1cc(NC/C=C/CCl)cc(F)c1F. The highest BCUT2D eigenvalue weighted by molar-refractivity contribution is 6.18. The molecule has 0 heterocycles. The van der Waals surface area contributed by atoms with Gasteiger partial charge in [-0.2, -0.15) is 0 Å². The van der Waals surface area contributed by atoms with Gasteiger partial charge in [0.05, 0.1) is 0 Å². The predicted octanol–water partition coefficient (Wildman–Crippen LogP) is 3.31. The monoisotopic (exact) mass is 235 g/mol. The van der Waals surface area contributed by atoms with Crippen LogP contribution in [0.5, 0.6) is 0 Å². The van der Waals surface area contributed by atoms with E-state index in [0.29, 0.717) is 12.4 Å². The molecule has 15 heavy (non-hydrogen) atoms. The number of alkyl halides is 1. The van der Waals surface area contributed by atoms with Crippen molar-refractivity contribution in [1.29, 1.82) is 0 Å². The summed E-state index contributed by atoms with van der Waals surface area (Å²) in [6.07, 6.45) is 3.39. The highest BCUT2D eigenvalue weighted by Gasteiger charge is 2.09. The van der Waals surface area contributed by atoms with Crippen molar-refractivity contribution >= 4 is 17.3 Å². The molecule has 0 aliphatic heterocycles. The van der Waals surface area contributed by atoms with Gasteiger partial charge in [-0.15, -0.1) is 11.6 Å². The molecule has 1 aromatic rings. The van der Waals surface area contributed by atoms with Crippen molar-refractivity contribution in [3.8, 4) is 0 Å². The van der Waals surface area contributed by atoms with E-state index in [4.69, 9.17) is 11.6 Å². The van der Waals surface area contributed by atoms with E-state index in [1.807, 2.05) is 0 Å². The minimum absolute atomic E-state index is 0.186. The number of rotatable bonds is 4. The van der Waals surface area contributed by atoms with Gasteiger partial charge in [-0.05, 0) is 0 Å². The third-order valence-corrected chi connectivity index (χ3v) is 1.84. The van der Waals surface area contributed by atoms with Crippen LogP contribution in [0.3, 0.4) is 0 Å². The molecular formula is C10H9ClF3N. The van der Waals surface area contributed by atoms with Gasteiger partial charge >= 0.3 is 0 Å². The van der Waals surface area contributed by atoms with Crippen molar-refractivity contribution in [2.24, 2.45) is 0 Å². The molecule has 0 aliphatic carbocycles. The molecule has 0 fully saturated rings. The summed E-state index contributed by atoms with van der Waals surface area (Å²) in [6.45, 7) is 0.372. The number of nitrogens with one attached hydrogen (secondary N) is 1. The van der Waals surface area contributed by atoms with Crippen LogP contribution >= 0.6 is 11.6 Å². The number of halogens is 4. The zero-order valence-corrected chi connectivity index (χ0v) is 8.49. The van der Waals surface area contributed by atoms with E-state index in [0.717, 1.165) is 12.1 Å². The Hall–Kier alpha value is -1.16. The van der Waals surface area contributed by atoms with Gasteiger partial charge < -0.3 is 5.32 Å². The van der Waals surface area contributed by atoms with Gasteiger partial charge in [0.25, 0.3) is 0 Å². The van der Waals surface area contributed by atoms with Crippen LogP contribution in [0.1, 0.15) is 0 Å². The predicted molar refractivity (Wildman–Crippen MR) is 54.7 cm³/mol. The van der Waals surface area contributed by atoms with E-state index in [9.17, 15) is 13.2 Å². The summed E-state index contributed by atoms with van der Waals surface area (Å²) >= 11 is 5.37. The van der Waals surface area contributed by atoms with E-state index < -0.39 is 17.5 Å². The minimum Gasteiger partial charge on any atom is -0.381 e. The molecule has 0 radical (unpaired) electrons. The van der Waals surface area contributed by atoms with Crippen LogP contribution in [0.25, 0.3) is 0 Å². The first-order valence-corrected chi connectivity index (χ1v) is 4.78. The number of benzene rings is 1. The van der Waals surface area contributed by atoms with Crippen molar-refractivity contribution < 1.29 is 13.2 Å². The molecular weight excluding hydrogens is 227 g/mol. The summed E-state index contributed by atoms with van der Waals surface area (Å²) in [6, 6.07) is 1.79. The molecule has 1 N–H and O–H groups in total. The van der Waals surface area contributed by atoms with Gasteiger partial charge in [-0.3, -0.25) is 0 Å². The van der Waals surface area contributed by atoms with E-state index in [1.165, 1.54) is 0 Å². The van der Waals surface area contributed by atoms with Crippen LogP contribution in [-0.4, -0.2) is 12.4 Å². The molecule has 1 nitrogen and oxygen atoms in total. The second-order valence-electron chi connectivity index (χ2n) is 2.76. The average Bonchev–Trinajstić information content (AvgIpc) is 2.21. The molecule has 0 aromatic heterocycles. The van der Waals surface area contributed by atoms with Crippen LogP contribution in [0.4, 0.5) is 18.9 Å². The fourth-order valence-corrected chi connectivity index (χ4v) is 1.11. The molecule has 1 aromatic carbocycles. The van der Waals surface area contributed by atoms with Crippen LogP contribution in [-0.2, 0) is 0 Å². The van der Waals surface area contributed by atoms with Crippen molar-refractivity contribution in [2.75, 3.05) is 17.7 Å². The Morgan fingerprint density at radius 3 is 2.27 bits per heavy atom. The molecule has 82 valence electrons. The maximum absolute atomic E-state index is 12.7. The molecule has 0 saturated heterocycles. The molecule has 0 bridgehead atoms. The zero-order valence-electron chi connectivity index (χ0n) is 7.74. The Bertz CT molecular complexity index is 343. The lowest BCUT2D eigenvalue weighted by molar-refractivity contribution is 0.448. The van der Waals surface area contributed by atoms with Crippen molar-refractivity contribution in [2.45, 2.75) is 0 Å². The second-order valence-corrected chi connectivity index (χ2v) is 3.07. The van der Waals surface area contributed by atoms with Gasteiger partial charge in [0.1, 0.15) is 0 Å². The molecule has 0 spiro atoms. The summed E-state index contributed by atoms with van der Waals surface area (Å²) in [7, 11) is 0. The van der Waals surface area contributed by atoms with Crippen LogP contribution in [0.15, 0.2) is 24.3 Å². The van der Waals surface area contributed by atoms with Crippen molar-refractivity contribution in [3.05, 3.63) is 41.7 Å². The lowest BCUT2D eigenvalue weighted by Crippen LogP contribution is -2.01. The maximum Gasteiger partial charge on any atom is 0.194 e. The third-order valence-electron chi connectivity index (χ3n) is 1.66. The molecule has 0 aliphatic rings. The van der Waals surface area contributed by atoms with E-state index in [-0.39, 0.29) is 5.69 Å². The highest BCUT2D eigenvalue weighted by Crippen LogP contribution is 2.16. The Morgan fingerprint density at radius 1 is 1.13 bits per heavy atom. The number of allylic oxidation sites excluding steroid dienone is 1. The van der Waals surface area contributed by atoms with Gasteiger partial charge in [0, 0.05) is 30.2 Å². The van der Waals surface area contributed by atoms with Crippen molar-refractivity contribution in [3.63, 3.8) is 0 Å². The molecule has 0 unspecified atom stereocenters. The van der Waals surface area contributed by atoms with Crippen LogP contribution < -0.4 is 5.32 Å². The van der Waals surface area contributed by atoms with E-state index >= 15 is 0 Å². The molecule has 5 heteroatoms. The molecule has 0 amide bonds. The van der Waals surface area contributed by atoms with Gasteiger partial charge in [0.2, 0.25) is 0 Å². The molecule has 0 saturated carbocycles. The first-order chi connectivity index (χ1) is 7.15. The van der Waals surface area contributed by atoms with Gasteiger partial charge in [-0.1, -0.05) is 12.2 Å². The standard InChI is InChI=1S/C10H9ClF3N/c11-3-1-2-4-15-7-5-8(12)10(14)9(13)6-7/h1-2,5-6,15H,3-4H2/b2-1+. The summed E-state index contributed by atoms with van der Waals surface area (Å²) in [4.78, 5) is 0. The van der Waals surface area contributed by atoms with Crippen molar-refractivity contribution in [1.82, 2.24) is 0 Å².